The summed E-state index contributed by atoms with van der Waals surface area (Å²) in [5.41, 5.74) is 0. The van der Waals surface area contributed by atoms with Crippen LogP contribution in [0.1, 0.15) is 26.8 Å². The van der Waals surface area contributed by atoms with Crippen LogP contribution in [0.3, 0.4) is 0 Å². The standard InChI is InChI=1S/C10H15N3/c1-5-9(4)11-10-6-7-13(12-10)8(2)3/h1,6-9H,2-4H3,(H,11,12). The van der Waals surface area contributed by atoms with Crippen LogP contribution in [0.4, 0.5) is 5.82 Å². The van der Waals surface area contributed by atoms with E-state index in [0.717, 1.165) is 5.82 Å². The van der Waals surface area contributed by atoms with E-state index in [-0.39, 0.29) is 6.04 Å². The molecule has 0 saturated carbocycles. The molecule has 1 rings (SSSR count). The maximum absolute atomic E-state index is 5.24. The zero-order chi connectivity index (χ0) is 9.84. The Hall–Kier alpha value is -1.43. The van der Waals surface area contributed by atoms with Crippen molar-refractivity contribution in [2.75, 3.05) is 5.32 Å². The fraction of sp³-hybridized carbons (Fsp3) is 0.500. The van der Waals surface area contributed by atoms with E-state index >= 15 is 0 Å². The lowest BCUT2D eigenvalue weighted by molar-refractivity contribution is 0.533. The quantitative estimate of drug-likeness (QED) is 0.715. The summed E-state index contributed by atoms with van der Waals surface area (Å²) in [7, 11) is 0. The number of hydrogen-bond acceptors (Lipinski definition) is 2. The number of terminal acetylenes is 1. The van der Waals surface area contributed by atoms with Gasteiger partial charge >= 0.3 is 0 Å². The van der Waals surface area contributed by atoms with E-state index in [2.05, 4.69) is 30.2 Å². The van der Waals surface area contributed by atoms with Crippen molar-refractivity contribution in [1.29, 1.82) is 0 Å². The van der Waals surface area contributed by atoms with Crippen molar-refractivity contribution in [1.82, 2.24) is 9.78 Å². The average Bonchev–Trinajstić information content (AvgIpc) is 2.52. The average molecular weight is 177 g/mol. The number of nitrogens with zero attached hydrogens (tertiary/aromatic N) is 2. The summed E-state index contributed by atoms with van der Waals surface area (Å²) in [6.45, 7) is 6.09. The molecule has 1 aromatic rings. The summed E-state index contributed by atoms with van der Waals surface area (Å²) < 4.78 is 1.89. The van der Waals surface area contributed by atoms with Gasteiger partial charge in [0, 0.05) is 18.3 Å². The summed E-state index contributed by atoms with van der Waals surface area (Å²) in [6.07, 6.45) is 7.18. The number of aromatic nitrogens is 2. The fourth-order valence-corrected chi connectivity index (χ4v) is 0.966. The summed E-state index contributed by atoms with van der Waals surface area (Å²) in [6, 6.07) is 2.33. The van der Waals surface area contributed by atoms with Gasteiger partial charge in [-0.2, -0.15) is 5.10 Å². The number of hydrogen-bond donors (Lipinski definition) is 1. The molecule has 0 bridgehead atoms. The first kappa shape index (κ1) is 9.66. The Morgan fingerprint density at radius 3 is 2.69 bits per heavy atom. The van der Waals surface area contributed by atoms with Gasteiger partial charge in [-0.1, -0.05) is 5.92 Å². The predicted molar refractivity (Wildman–Crippen MR) is 54.5 cm³/mol. The molecule has 3 nitrogen and oxygen atoms in total. The molecular formula is C10H15N3. The highest BCUT2D eigenvalue weighted by molar-refractivity contribution is 5.35. The third kappa shape index (κ3) is 2.51. The predicted octanol–water partition coefficient (Wildman–Crippen LogP) is 1.90. The molecular weight excluding hydrogens is 162 g/mol. The monoisotopic (exact) mass is 177 g/mol. The van der Waals surface area contributed by atoms with Crippen LogP contribution in [0, 0.1) is 12.3 Å². The molecule has 1 aromatic heterocycles. The minimum absolute atomic E-state index is 0.0236. The summed E-state index contributed by atoms with van der Waals surface area (Å²) in [5.74, 6) is 3.42. The zero-order valence-electron chi connectivity index (χ0n) is 8.28. The molecule has 1 atom stereocenters. The Morgan fingerprint density at radius 2 is 2.23 bits per heavy atom. The lowest BCUT2D eigenvalue weighted by Crippen LogP contribution is -2.13. The van der Waals surface area contributed by atoms with Gasteiger partial charge in [0.25, 0.3) is 0 Å². The molecule has 0 aromatic carbocycles. The van der Waals surface area contributed by atoms with Crippen LogP contribution in [-0.2, 0) is 0 Å². The largest absolute Gasteiger partial charge is 0.355 e. The molecule has 0 aliphatic heterocycles. The first-order valence-electron chi connectivity index (χ1n) is 4.41. The second kappa shape index (κ2) is 3.99. The second-order valence-corrected chi connectivity index (χ2v) is 3.31. The Morgan fingerprint density at radius 1 is 1.54 bits per heavy atom. The molecule has 0 amide bonds. The molecule has 0 spiro atoms. The number of rotatable bonds is 3. The van der Waals surface area contributed by atoms with Gasteiger partial charge < -0.3 is 5.32 Å². The SMILES string of the molecule is C#CC(C)Nc1ccn(C(C)C)n1. The highest BCUT2D eigenvalue weighted by Gasteiger charge is 2.02. The number of anilines is 1. The summed E-state index contributed by atoms with van der Waals surface area (Å²) in [5, 5.41) is 7.41. The van der Waals surface area contributed by atoms with E-state index in [1.54, 1.807) is 0 Å². The van der Waals surface area contributed by atoms with E-state index in [9.17, 15) is 0 Å². The minimum Gasteiger partial charge on any atom is -0.355 e. The maximum atomic E-state index is 5.24. The Kier molecular flexibility index (Phi) is 2.97. The molecule has 0 radical (unpaired) electrons. The molecule has 70 valence electrons. The lowest BCUT2D eigenvalue weighted by atomic mass is 10.3. The van der Waals surface area contributed by atoms with E-state index in [0.29, 0.717) is 6.04 Å². The van der Waals surface area contributed by atoms with Gasteiger partial charge in [0.2, 0.25) is 0 Å². The minimum atomic E-state index is 0.0236. The third-order valence-electron chi connectivity index (χ3n) is 1.75. The van der Waals surface area contributed by atoms with Gasteiger partial charge in [-0.05, 0) is 20.8 Å². The highest BCUT2D eigenvalue weighted by atomic mass is 15.3. The van der Waals surface area contributed by atoms with Crippen molar-refractivity contribution in [3.8, 4) is 12.3 Å². The highest BCUT2D eigenvalue weighted by Crippen LogP contribution is 2.08. The molecule has 0 fully saturated rings. The molecule has 0 aliphatic rings. The third-order valence-corrected chi connectivity index (χ3v) is 1.75. The van der Waals surface area contributed by atoms with Crippen LogP contribution in [0.15, 0.2) is 12.3 Å². The van der Waals surface area contributed by atoms with Gasteiger partial charge in [0.1, 0.15) is 5.82 Å². The smallest absolute Gasteiger partial charge is 0.148 e. The van der Waals surface area contributed by atoms with Crippen molar-refractivity contribution < 1.29 is 0 Å². The van der Waals surface area contributed by atoms with Gasteiger partial charge in [0.15, 0.2) is 0 Å². The fourth-order valence-electron chi connectivity index (χ4n) is 0.966. The molecule has 3 heteroatoms. The first-order valence-corrected chi connectivity index (χ1v) is 4.41. The van der Waals surface area contributed by atoms with Gasteiger partial charge in [-0.25, -0.2) is 0 Å². The molecule has 1 unspecified atom stereocenters. The second-order valence-electron chi connectivity index (χ2n) is 3.31. The summed E-state index contributed by atoms with van der Waals surface area (Å²) in [4.78, 5) is 0. The van der Waals surface area contributed by atoms with Crippen molar-refractivity contribution in [3.63, 3.8) is 0 Å². The molecule has 1 N–H and O–H groups in total. The van der Waals surface area contributed by atoms with Crippen LogP contribution >= 0.6 is 0 Å². The Bertz CT molecular complexity index is 306. The van der Waals surface area contributed by atoms with Gasteiger partial charge in [-0.15, -0.1) is 6.42 Å². The molecule has 1 heterocycles. The van der Waals surface area contributed by atoms with Crippen molar-refractivity contribution in [2.24, 2.45) is 0 Å². The lowest BCUT2D eigenvalue weighted by Gasteiger charge is -2.06. The van der Waals surface area contributed by atoms with E-state index in [1.807, 2.05) is 23.9 Å². The Labute approximate surface area is 79.1 Å². The van der Waals surface area contributed by atoms with Gasteiger partial charge in [-0.3, -0.25) is 4.68 Å². The molecule has 0 aliphatic carbocycles. The van der Waals surface area contributed by atoms with Crippen LogP contribution in [0.5, 0.6) is 0 Å². The number of nitrogens with one attached hydrogen (secondary N) is 1. The normalized spacial score (nSPS) is 12.5. The van der Waals surface area contributed by atoms with E-state index in [1.165, 1.54) is 0 Å². The van der Waals surface area contributed by atoms with Crippen molar-refractivity contribution >= 4 is 5.82 Å². The van der Waals surface area contributed by atoms with Crippen LogP contribution in [0.2, 0.25) is 0 Å². The zero-order valence-corrected chi connectivity index (χ0v) is 8.28. The van der Waals surface area contributed by atoms with E-state index in [4.69, 9.17) is 6.42 Å². The Balaban J connectivity index is 2.65. The van der Waals surface area contributed by atoms with Crippen LogP contribution in [0.25, 0.3) is 0 Å². The first-order chi connectivity index (χ1) is 6.13. The van der Waals surface area contributed by atoms with E-state index < -0.39 is 0 Å². The van der Waals surface area contributed by atoms with Crippen LogP contribution in [-0.4, -0.2) is 15.8 Å². The van der Waals surface area contributed by atoms with Crippen molar-refractivity contribution in [2.45, 2.75) is 32.9 Å². The maximum Gasteiger partial charge on any atom is 0.148 e. The topological polar surface area (TPSA) is 29.9 Å². The molecule has 13 heavy (non-hydrogen) atoms. The van der Waals surface area contributed by atoms with Crippen molar-refractivity contribution in [3.05, 3.63) is 12.3 Å². The molecule has 0 saturated heterocycles. The van der Waals surface area contributed by atoms with Gasteiger partial charge in [0.05, 0.1) is 6.04 Å². The van der Waals surface area contributed by atoms with Crippen LogP contribution < -0.4 is 5.32 Å². The summed E-state index contributed by atoms with van der Waals surface area (Å²) >= 11 is 0.